The molecule has 2 bridgehead atoms. The molecule has 5 heteroatoms. The second kappa shape index (κ2) is 5.18. The summed E-state index contributed by atoms with van der Waals surface area (Å²) in [5.41, 5.74) is 1.23. The Labute approximate surface area is 141 Å². The van der Waals surface area contributed by atoms with Crippen LogP contribution in [-0.4, -0.2) is 36.2 Å². The van der Waals surface area contributed by atoms with Gasteiger partial charge in [-0.25, -0.2) is 0 Å². The van der Waals surface area contributed by atoms with E-state index >= 15 is 0 Å². The van der Waals surface area contributed by atoms with Gasteiger partial charge in [0.05, 0.1) is 24.7 Å². The summed E-state index contributed by atoms with van der Waals surface area (Å²) in [5.74, 6) is -1.46. The number of amides is 1. The summed E-state index contributed by atoms with van der Waals surface area (Å²) in [5, 5.41) is 0. The second-order valence-corrected chi connectivity index (χ2v) is 7.15. The molecule has 5 nitrogen and oxygen atoms in total. The van der Waals surface area contributed by atoms with E-state index in [0.717, 1.165) is 11.3 Å². The zero-order valence-corrected chi connectivity index (χ0v) is 14.1. The van der Waals surface area contributed by atoms with Gasteiger partial charge in [0.25, 0.3) is 0 Å². The van der Waals surface area contributed by atoms with Gasteiger partial charge in [-0.1, -0.05) is 24.3 Å². The van der Waals surface area contributed by atoms with Crippen LogP contribution >= 0.6 is 0 Å². The van der Waals surface area contributed by atoms with Gasteiger partial charge >= 0.3 is 5.97 Å². The lowest BCUT2D eigenvalue weighted by Crippen LogP contribution is -2.40. The third kappa shape index (κ3) is 2.11. The van der Waals surface area contributed by atoms with E-state index in [1.807, 2.05) is 57.2 Å². The van der Waals surface area contributed by atoms with Crippen LogP contribution in [0.1, 0.15) is 19.4 Å². The minimum atomic E-state index is -0.702. The third-order valence-corrected chi connectivity index (χ3v) is 5.04. The van der Waals surface area contributed by atoms with Gasteiger partial charge < -0.3 is 14.4 Å². The van der Waals surface area contributed by atoms with Crippen LogP contribution in [0.25, 0.3) is 0 Å². The summed E-state index contributed by atoms with van der Waals surface area (Å²) in [6.45, 7) is 6.06. The minimum absolute atomic E-state index is 0.0573. The normalized spacial score (nSPS) is 33.4. The van der Waals surface area contributed by atoms with Gasteiger partial charge in [0.2, 0.25) is 5.91 Å². The molecule has 0 unspecified atom stereocenters. The molecule has 1 amide bonds. The molecule has 0 N–H and O–H groups in total. The Kier molecular flexibility index (Phi) is 3.32. The van der Waals surface area contributed by atoms with E-state index in [1.54, 1.807) is 4.90 Å². The van der Waals surface area contributed by atoms with Crippen LogP contribution in [0.5, 0.6) is 0 Å². The number of esters is 1. The molecule has 4 rings (SSSR count). The van der Waals surface area contributed by atoms with Gasteiger partial charge in [-0.15, -0.1) is 0 Å². The number of hydrogen-bond acceptors (Lipinski definition) is 4. The molecule has 3 aliphatic heterocycles. The van der Waals surface area contributed by atoms with Crippen molar-refractivity contribution in [1.29, 1.82) is 0 Å². The van der Waals surface area contributed by atoms with Crippen LogP contribution in [0.2, 0.25) is 0 Å². The minimum Gasteiger partial charge on any atom is -0.463 e. The third-order valence-electron chi connectivity index (χ3n) is 5.04. The zero-order chi connectivity index (χ0) is 17.1. The standard InChI is InChI=1S/C19H21NO4/c1-11(2)23-18(22)15-14-7-8-19(24-14)10-20(17(21)16(15)19)13-6-4-5-12(3)9-13/h4-9,11,14-16H,10H2,1-3H3/t14-,15-,16-,19-/m1/s1. The Balaban J connectivity index is 1.68. The fourth-order valence-corrected chi connectivity index (χ4v) is 4.09. The highest BCUT2D eigenvalue weighted by Gasteiger charge is 2.67. The van der Waals surface area contributed by atoms with Crippen LogP contribution in [0.4, 0.5) is 5.69 Å². The van der Waals surface area contributed by atoms with E-state index in [9.17, 15) is 9.59 Å². The van der Waals surface area contributed by atoms with Crippen molar-refractivity contribution in [1.82, 2.24) is 0 Å². The molecule has 2 fully saturated rings. The first kappa shape index (κ1) is 15.4. The molecule has 3 aliphatic rings. The van der Waals surface area contributed by atoms with Gasteiger partial charge in [-0.3, -0.25) is 9.59 Å². The fourth-order valence-electron chi connectivity index (χ4n) is 4.09. The van der Waals surface area contributed by atoms with Crippen molar-refractivity contribution in [3.8, 4) is 0 Å². The smallest absolute Gasteiger partial charge is 0.313 e. The van der Waals surface area contributed by atoms with E-state index < -0.39 is 17.4 Å². The summed E-state index contributed by atoms with van der Waals surface area (Å²) in [7, 11) is 0. The number of benzene rings is 1. The second-order valence-electron chi connectivity index (χ2n) is 7.15. The highest BCUT2D eigenvalue weighted by atomic mass is 16.6. The van der Waals surface area contributed by atoms with E-state index in [2.05, 4.69) is 0 Å². The van der Waals surface area contributed by atoms with Gasteiger partial charge in [-0.05, 0) is 38.5 Å². The Morgan fingerprint density at radius 3 is 2.92 bits per heavy atom. The molecule has 1 aromatic carbocycles. The molecule has 1 aromatic rings. The Morgan fingerprint density at radius 1 is 1.42 bits per heavy atom. The first-order valence-electron chi connectivity index (χ1n) is 8.37. The number of anilines is 1. The maximum atomic E-state index is 13.1. The van der Waals surface area contributed by atoms with Gasteiger partial charge in [-0.2, -0.15) is 0 Å². The van der Waals surface area contributed by atoms with Crippen LogP contribution in [-0.2, 0) is 19.1 Å². The van der Waals surface area contributed by atoms with E-state index in [4.69, 9.17) is 9.47 Å². The average Bonchev–Trinajstić information content (AvgIpc) is 3.15. The molecule has 0 aliphatic carbocycles. The van der Waals surface area contributed by atoms with Gasteiger partial charge in [0.1, 0.15) is 11.5 Å². The molecule has 0 aromatic heterocycles. The number of nitrogens with zero attached hydrogens (tertiary/aromatic N) is 1. The predicted octanol–water partition coefficient (Wildman–Crippen LogP) is 2.23. The summed E-state index contributed by atoms with van der Waals surface area (Å²) in [6, 6.07) is 7.82. The van der Waals surface area contributed by atoms with Crippen molar-refractivity contribution < 1.29 is 19.1 Å². The predicted molar refractivity (Wildman–Crippen MR) is 88.5 cm³/mol. The number of carbonyl (C=O) groups excluding carboxylic acids is 2. The van der Waals surface area contributed by atoms with Gasteiger partial charge in [0, 0.05) is 5.69 Å². The van der Waals surface area contributed by atoms with Crippen molar-refractivity contribution in [2.24, 2.45) is 11.8 Å². The van der Waals surface area contributed by atoms with Gasteiger partial charge in [0.15, 0.2) is 0 Å². The monoisotopic (exact) mass is 327 g/mol. The molecule has 0 radical (unpaired) electrons. The first-order chi connectivity index (χ1) is 11.4. The molecule has 4 atom stereocenters. The maximum Gasteiger partial charge on any atom is 0.313 e. The number of carbonyl (C=O) groups is 2. The van der Waals surface area contributed by atoms with Crippen LogP contribution < -0.4 is 4.90 Å². The number of aryl methyl sites for hydroxylation is 1. The van der Waals surface area contributed by atoms with Crippen LogP contribution in [0.15, 0.2) is 36.4 Å². The zero-order valence-electron chi connectivity index (χ0n) is 14.1. The van der Waals surface area contributed by atoms with Crippen molar-refractivity contribution in [3.05, 3.63) is 42.0 Å². The topological polar surface area (TPSA) is 55.8 Å². The Morgan fingerprint density at radius 2 is 2.21 bits per heavy atom. The molecule has 126 valence electrons. The van der Waals surface area contributed by atoms with Crippen LogP contribution in [0, 0.1) is 18.8 Å². The molecule has 1 spiro atoms. The highest BCUT2D eigenvalue weighted by Crippen LogP contribution is 2.52. The number of fused-ring (bicyclic) bond motifs is 1. The quantitative estimate of drug-likeness (QED) is 0.631. The fraction of sp³-hybridized carbons (Fsp3) is 0.474. The number of ether oxygens (including phenoxy) is 2. The lowest BCUT2D eigenvalue weighted by molar-refractivity contribution is -0.156. The summed E-state index contributed by atoms with van der Waals surface area (Å²) in [4.78, 5) is 27.3. The first-order valence-corrected chi connectivity index (χ1v) is 8.37. The molecular weight excluding hydrogens is 306 g/mol. The Bertz CT molecular complexity index is 741. The van der Waals surface area contributed by atoms with E-state index in [0.29, 0.717) is 6.54 Å². The molecule has 24 heavy (non-hydrogen) atoms. The molecule has 2 saturated heterocycles. The Hall–Kier alpha value is -2.14. The maximum absolute atomic E-state index is 13.1. The SMILES string of the molecule is Cc1cccc(N2C[C@@]34C=C[C@@H](O3)[C@@H](C(=O)OC(C)C)[C@@H]4C2=O)c1. The molecular formula is C19H21NO4. The summed E-state index contributed by atoms with van der Waals surface area (Å²) in [6.07, 6.45) is 3.29. The summed E-state index contributed by atoms with van der Waals surface area (Å²) < 4.78 is 11.5. The van der Waals surface area contributed by atoms with E-state index in [-0.39, 0.29) is 24.1 Å². The largest absolute Gasteiger partial charge is 0.463 e. The van der Waals surface area contributed by atoms with Crippen molar-refractivity contribution in [3.63, 3.8) is 0 Å². The number of rotatable bonds is 3. The summed E-state index contributed by atoms with van der Waals surface area (Å²) >= 11 is 0. The average molecular weight is 327 g/mol. The van der Waals surface area contributed by atoms with Crippen molar-refractivity contribution >= 4 is 17.6 Å². The van der Waals surface area contributed by atoms with E-state index in [1.165, 1.54) is 0 Å². The lowest BCUT2D eigenvalue weighted by atomic mass is 9.77. The molecule has 0 saturated carbocycles. The van der Waals surface area contributed by atoms with Crippen molar-refractivity contribution in [2.75, 3.05) is 11.4 Å². The number of hydrogen-bond donors (Lipinski definition) is 0. The van der Waals surface area contributed by atoms with Crippen molar-refractivity contribution in [2.45, 2.75) is 38.6 Å². The molecule has 3 heterocycles. The highest BCUT2D eigenvalue weighted by molar-refractivity contribution is 6.02. The van der Waals surface area contributed by atoms with Crippen LogP contribution in [0.3, 0.4) is 0 Å². The lowest BCUT2D eigenvalue weighted by Gasteiger charge is -2.23.